The highest BCUT2D eigenvalue weighted by atomic mass is 35.5. The maximum absolute atomic E-state index is 6.27. The molecule has 0 radical (unpaired) electrons. The monoisotopic (exact) mass is 268 g/mol. The Morgan fingerprint density at radius 2 is 2.00 bits per heavy atom. The van der Waals surface area contributed by atoms with E-state index in [2.05, 4.69) is 28.5 Å². The molecule has 0 fully saturated rings. The van der Waals surface area contributed by atoms with Crippen molar-refractivity contribution < 1.29 is 0 Å². The fraction of sp³-hybridized carbons (Fsp3) is 0.692. The van der Waals surface area contributed by atoms with Crippen LogP contribution in [0.5, 0.6) is 0 Å². The minimum absolute atomic E-state index is 0.0869. The average Bonchev–Trinajstić information content (AvgIpc) is 2.79. The van der Waals surface area contributed by atoms with Crippen molar-refractivity contribution in [2.75, 3.05) is 0 Å². The first kappa shape index (κ1) is 13.4. The normalized spacial score (nSPS) is 15.2. The van der Waals surface area contributed by atoms with Crippen LogP contribution in [0.3, 0.4) is 0 Å². The van der Waals surface area contributed by atoms with E-state index in [4.69, 9.17) is 11.6 Å². The Balaban J connectivity index is 2.68. The summed E-state index contributed by atoms with van der Waals surface area (Å²) in [4.78, 5) is 4.68. The molecule has 0 aliphatic carbocycles. The summed E-state index contributed by atoms with van der Waals surface area (Å²) in [6, 6.07) is 0.394. The predicted octanol–water partition coefficient (Wildman–Crippen LogP) is 3.74. The molecule has 0 aliphatic heterocycles. The van der Waals surface area contributed by atoms with Crippen LogP contribution in [0.1, 0.15) is 56.6 Å². The van der Waals surface area contributed by atoms with Gasteiger partial charge in [-0.1, -0.05) is 13.3 Å². The second kappa shape index (κ2) is 4.92. The van der Waals surface area contributed by atoms with E-state index in [1.54, 1.807) is 0 Å². The van der Waals surface area contributed by atoms with E-state index in [1.165, 1.54) is 0 Å². The molecular weight excluding hydrogens is 248 g/mol. The summed E-state index contributed by atoms with van der Waals surface area (Å²) in [7, 11) is 1.97. The number of halogens is 1. The fourth-order valence-electron chi connectivity index (χ4n) is 2.57. The van der Waals surface area contributed by atoms with E-state index in [9.17, 15) is 0 Å². The molecule has 0 bridgehead atoms. The van der Waals surface area contributed by atoms with E-state index in [0.29, 0.717) is 6.04 Å². The van der Waals surface area contributed by atoms with Crippen LogP contribution in [-0.2, 0) is 7.05 Å². The number of aromatic nitrogens is 4. The number of hydrogen-bond acceptors (Lipinski definition) is 2. The summed E-state index contributed by atoms with van der Waals surface area (Å²) in [5.74, 6) is 0.948. The smallest absolute Gasteiger partial charge is 0.158 e. The van der Waals surface area contributed by atoms with Gasteiger partial charge >= 0.3 is 0 Å². The van der Waals surface area contributed by atoms with Crippen LogP contribution in [0.2, 0.25) is 0 Å². The lowest BCUT2D eigenvalue weighted by molar-refractivity contribution is 0.484. The Labute approximate surface area is 113 Å². The minimum Gasteiger partial charge on any atom is -0.309 e. The van der Waals surface area contributed by atoms with Crippen molar-refractivity contribution in [2.24, 2.45) is 7.05 Å². The molecule has 0 amide bonds. The zero-order chi connectivity index (χ0) is 13.4. The van der Waals surface area contributed by atoms with Crippen molar-refractivity contribution >= 4 is 22.8 Å². The number of nitrogens with zero attached hydrogens (tertiary/aromatic N) is 4. The van der Waals surface area contributed by atoms with Gasteiger partial charge in [0.15, 0.2) is 5.65 Å². The predicted molar refractivity (Wildman–Crippen MR) is 75.1 cm³/mol. The van der Waals surface area contributed by atoms with Crippen molar-refractivity contribution in [3.05, 3.63) is 11.5 Å². The molecule has 18 heavy (non-hydrogen) atoms. The highest BCUT2D eigenvalue weighted by Gasteiger charge is 2.22. The largest absolute Gasteiger partial charge is 0.309 e. The second-order valence-electron chi connectivity index (χ2n) is 4.97. The van der Waals surface area contributed by atoms with Crippen molar-refractivity contribution in [3.8, 4) is 0 Å². The van der Waals surface area contributed by atoms with E-state index in [1.807, 2.05) is 25.6 Å². The van der Waals surface area contributed by atoms with Crippen molar-refractivity contribution in [2.45, 2.75) is 52.0 Å². The number of aryl methyl sites for hydroxylation is 2. The Bertz CT molecular complexity index is 553. The molecule has 0 spiro atoms. The highest BCUT2D eigenvalue weighted by molar-refractivity contribution is 6.20. The number of hydrogen-bond donors (Lipinski definition) is 0. The first-order valence-corrected chi connectivity index (χ1v) is 6.96. The Kier molecular flexibility index (Phi) is 3.66. The molecule has 2 atom stereocenters. The third-order valence-corrected chi connectivity index (χ3v) is 3.56. The van der Waals surface area contributed by atoms with Crippen molar-refractivity contribution in [3.63, 3.8) is 0 Å². The van der Waals surface area contributed by atoms with Crippen LogP contribution >= 0.6 is 11.6 Å². The molecule has 5 heteroatoms. The average molecular weight is 269 g/mol. The number of alkyl halides is 1. The summed E-state index contributed by atoms with van der Waals surface area (Å²) in [6.07, 6.45) is 2.26. The summed E-state index contributed by atoms with van der Waals surface area (Å²) in [5.41, 5.74) is 3.02. The zero-order valence-corrected chi connectivity index (χ0v) is 12.5. The third kappa shape index (κ3) is 2.03. The van der Waals surface area contributed by atoms with Crippen LogP contribution < -0.4 is 0 Å². The van der Waals surface area contributed by atoms with Gasteiger partial charge in [0.2, 0.25) is 0 Å². The second-order valence-corrected chi connectivity index (χ2v) is 5.63. The van der Waals surface area contributed by atoms with E-state index in [0.717, 1.165) is 35.5 Å². The lowest BCUT2D eigenvalue weighted by atomic mass is 10.2. The van der Waals surface area contributed by atoms with E-state index in [-0.39, 0.29) is 5.38 Å². The first-order valence-electron chi connectivity index (χ1n) is 6.52. The molecule has 2 aromatic rings. The van der Waals surface area contributed by atoms with Gasteiger partial charge in [-0.2, -0.15) is 5.10 Å². The van der Waals surface area contributed by atoms with Gasteiger partial charge in [0.1, 0.15) is 11.3 Å². The van der Waals surface area contributed by atoms with Crippen molar-refractivity contribution in [1.29, 1.82) is 0 Å². The van der Waals surface area contributed by atoms with Gasteiger partial charge in [-0.05, 0) is 27.2 Å². The molecule has 0 N–H and O–H groups in total. The zero-order valence-electron chi connectivity index (χ0n) is 11.7. The Morgan fingerprint density at radius 1 is 1.33 bits per heavy atom. The van der Waals surface area contributed by atoms with Crippen LogP contribution in [0.15, 0.2) is 0 Å². The minimum atomic E-state index is -0.0869. The third-order valence-electron chi connectivity index (χ3n) is 3.37. The summed E-state index contributed by atoms with van der Waals surface area (Å²) in [6.45, 7) is 8.38. The molecule has 2 heterocycles. The molecule has 2 rings (SSSR count). The molecule has 0 aliphatic rings. The number of fused-ring (bicyclic) bond motifs is 1. The summed E-state index contributed by atoms with van der Waals surface area (Å²) >= 11 is 6.27. The number of imidazole rings is 1. The van der Waals surface area contributed by atoms with Crippen molar-refractivity contribution in [1.82, 2.24) is 19.3 Å². The van der Waals surface area contributed by atoms with Crippen LogP contribution in [0.25, 0.3) is 11.2 Å². The maximum atomic E-state index is 6.27. The van der Waals surface area contributed by atoms with Gasteiger partial charge in [0.05, 0.1) is 11.1 Å². The quantitative estimate of drug-likeness (QED) is 0.792. The Morgan fingerprint density at radius 3 is 2.56 bits per heavy atom. The summed E-state index contributed by atoms with van der Waals surface area (Å²) in [5, 5.41) is 4.36. The Hall–Kier alpha value is -1.03. The highest BCUT2D eigenvalue weighted by Crippen LogP contribution is 2.30. The van der Waals surface area contributed by atoms with Crippen LogP contribution in [0, 0.1) is 6.92 Å². The van der Waals surface area contributed by atoms with E-state index < -0.39 is 0 Å². The SMILES string of the molecule is CCCC(C)n1c(C(C)Cl)nc2c(C)nn(C)c21. The topological polar surface area (TPSA) is 35.6 Å². The standard InChI is InChI=1S/C13H21ClN4/c1-6-7-8(2)18-12(9(3)14)15-11-10(4)16-17(5)13(11)18/h8-9H,6-7H2,1-5H3. The molecule has 2 aromatic heterocycles. The summed E-state index contributed by atoms with van der Waals surface area (Å²) < 4.78 is 4.16. The molecule has 0 saturated carbocycles. The van der Waals surface area contributed by atoms with Gasteiger partial charge < -0.3 is 4.57 Å². The van der Waals surface area contributed by atoms with Gasteiger partial charge in [0.25, 0.3) is 0 Å². The van der Waals surface area contributed by atoms with E-state index >= 15 is 0 Å². The molecule has 4 nitrogen and oxygen atoms in total. The fourth-order valence-corrected chi connectivity index (χ4v) is 2.73. The molecular formula is C13H21ClN4. The lowest BCUT2D eigenvalue weighted by Crippen LogP contribution is -2.12. The first-order chi connectivity index (χ1) is 8.47. The molecule has 0 saturated heterocycles. The molecule has 0 aromatic carbocycles. The van der Waals surface area contributed by atoms with Crippen LogP contribution in [0.4, 0.5) is 0 Å². The van der Waals surface area contributed by atoms with Gasteiger partial charge in [0, 0.05) is 13.1 Å². The number of rotatable bonds is 4. The van der Waals surface area contributed by atoms with Gasteiger partial charge in [-0.3, -0.25) is 4.68 Å². The van der Waals surface area contributed by atoms with Crippen LogP contribution in [-0.4, -0.2) is 19.3 Å². The lowest BCUT2D eigenvalue weighted by Gasteiger charge is -2.18. The van der Waals surface area contributed by atoms with Gasteiger partial charge in [-0.15, -0.1) is 11.6 Å². The van der Waals surface area contributed by atoms with Gasteiger partial charge in [-0.25, -0.2) is 4.98 Å². The molecule has 100 valence electrons. The molecule has 2 unspecified atom stereocenters. The maximum Gasteiger partial charge on any atom is 0.158 e.